The van der Waals surface area contributed by atoms with E-state index in [1.165, 1.54) is 19.3 Å². The molecule has 0 spiro atoms. The molecule has 2 aliphatic carbocycles. The van der Waals surface area contributed by atoms with Crippen LogP contribution in [0.4, 0.5) is 0 Å². The maximum Gasteiger partial charge on any atom is 0.226 e. The van der Waals surface area contributed by atoms with Gasteiger partial charge in [-0.3, -0.25) is 4.79 Å². The SMILES string of the molecule is COCCN(CCCl)C(=O)C1CC2CCC1C2. The van der Waals surface area contributed by atoms with Crippen molar-refractivity contribution in [2.45, 2.75) is 25.7 Å². The number of methoxy groups -OCH3 is 1. The number of alkyl halides is 1. The number of carbonyl (C=O) groups is 1. The van der Waals surface area contributed by atoms with Gasteiger partial charge in [-0.05, 0) is 31.1 Å². The summed E-state index contributed by atoms with van der Waals surface area (Å²) < 4.78 is 5.06. The Morgan fingerprint density at radius 3 is 2.71 bits per heavy atom. The average Bonchev–Trinajstić information content (AvgIpc) is 2.95. The molecule has 2 bridgehead atoms. The highest BCUT2D eigenvalue weighted by Gasteiger charge is 2.44. The number of fused-ring (bicyclic) bond motifs is 2. The van der Waals surface area contributed by atoms with Crippen LogP contribution in [0.2, 0.25) is 0 Å². The van der Waals surface area contributed by atoms with E-state index in [0.717, 1.165) is 12.3 Å². The Morgan fingerprint density at radius 1 is 1.35 bits per heavy atom. The standard InChI is InChI=1S/C13H22ClNO2/c1-17-7-6-15(5-4-14)13(16)12-9-10-2-3-11(12)8-10/h10-12H,2-9H2,1H3. The van der Waals surface area contributed by atoms with Crippen LogP contribution in [0.25, 0.3) is 0 Å². The fourth-order valence-corrected chi connectivity index (χ4v) is 3.62. The minimum Gasteiger partial charge on any atom is -0.383 e. The Bertz CT molecular complexity index is 272. The van der Waals surface area contributed by atoms with E-state index < -0.39 is 0 Å². The first-order valence-electron chi connectivity index (χ1n) is 6.60. The molecule has 0 radical (unpaired) electrons. The van der Waals surface area contributed by atoms with Crippen molar-refractivity contribution >= 4 is 17.5 Å². The highest BCUT2D eigenvalue weighted by molar-refractivity contribution is 6.18. The lowest BCUT2D eigenvalue weighted by molar-refractivity contribution is -0.137. The summed E-state index contributed by atoms with van der Waals surface area (Å²) in [5, 5.41) is 0. The molecule has 3 nitrogen and oxygen atoms in total. The minimum absolute atomic E-state index is 0.272. The van der Waals surface area contributed by atoms with E-state index in [4.69, 9.17) is 16.3 Å². The third-order valence-electron chi connectivity index (χ3n) is 4.29. The number of amides is 1. The number of ether oxygens (including phenoxy) is 1. The van der Waals surface area contributed by atoms with Gasteiger partial charge in [-0.25, -0.2) is 0 Å². The summed E-state index contributed by atoms with van der Waals surface area (Å²) in [6.45, 7) is 1.93. The Balaban J connectivity index is 1.91. The zero-order chi connectivity index (χ0) is 12.3. The number of hydrogen-bond acceptors (Lipinski definition) is 2. The summed E-state index contributed by atoms with van der Waals surface area (Å²) in [5.41, 5.74) is 0. The summed E-state index contributed by atoms with van der Waals surface area (Å²) in [6, 6.07) is 0. The fourth-order valence-electron chi connectivity index (χ4n) is 3.42. The molecule has 3 unspecified atom stereocenters. The predicted octanol–water partition coefficient (Wildman–Crippen LogP) is 2.14. The number of halogens is 1. The van der Waals surface area contributed by atoms with Crippen LogP contribution >= 0.6 is 11.6 Å². The second kappa shape index (κ2) is 6.05. The fraction of sp³-hybridized carbons (Fsp3) is 0.923. The van der Waals surface area contributed by atoms with Gasteiger partial charge in [-0.15, -0.1) is 11.6 Å². The molecule has 1 amide bonds. The van der Waals surface area contributed by atoms with E-state index >= 15 is 0 Å². The van der Waals surface area contributed by atoms with E-state index in [0.29, 0.717) is 37.4 Å². The number of rotatable bonds is 6. The van der Waals surface area contributed by atoms with Gasteiger partial charge in [0.1, 0.15) is 0 Å². The van der Waals surface area contributed by atoms with Crippen molar-refractivity contribution in [2.24, 2.45) is 17.8 Å². The first-order valence-corrected chi connectivity index (χ1v) is 7.13. The molecular formula is C13H22ClNO2. The molecule has 0 aliphatic heterocycles. The lowest BCUT2D eigenvalue weighted by atomic mass is 9.88. The summed E-state index contributed by atoms with van der Waals surface area (Å²) in [4.78, 5) is 14.3. The molecule has 3 atom stereocenters. The van der Waals surface area contributed by atoms with Gasteiger partial charge in [0.2, 0.25) is 5.91 Å². The monoisotopic (exact) mass is 259 g/mol. The van der Waals surface area contributed by atoms with Crippen LogP contribution in [0.3, 0.4) is 0 Å². The second-order valence-electron chi connectivity index (χ2n) is 5.29. The molecule has 0 aromatic carbocycles. The van der Waals surface area contributed by atoms with Gasteiger partial charge in [0.05, 0.1) is 6.61 Å². The third-order valence-corrected chi connectivity index (χ3v) is 4.46. The Morgan fingerprint density at radius 2 is 2.18 bits per heavy atom. The maximum absolute atomic E-state index is 12.4. The molecule has 2 aliphatic rings. The lowest BCUT2D eigenvalue weighted by Crippen LogP contribution is -2.41. The van der Waals surface area contributed by atoms with Crippen molar-refractivity contribution in [1.82, 2.24) is 4.90 Å². The summed E-state index contributed by atoms with van der Waals surface area (Å²) in [7, 11) is 1.67. The molecule has 98 valence electrons. The highest BCUT2D eigenvalue weighted by atomic mass is 35.5. The molecule has 2 rings (SSSR count). The van der Waals surface area contributed by atoms with Crippen molar-refractivity contribution in [1.29, 1.82) is 0 Å². The first-order chi connectivity index (χ1) is 8.26. The average molecular weight is 260 g/mol. The molecular weight excluding hydrogens is 238 g/mol. The van der Waals surface area contributed by atoms with Gasteiger partial charge in [0, 0.05) is 32.0 Å². The van der Waals surface area contributed by atoms with Gasteiger partial charge in [-0.2, -0.15) is 0 Å². The zero-order valence-corrected chi connectivity index (χ0v) is 11.3. The van der Waals surface area contributed by atoms with Crippen molar-refractivity contribution in [3.63, 3.8) is 0 Å². The van der Waals surface area contributed by atoms with Gasteiger partial charge in [-0.1, -0.05) is 6.42 Å². The van der Waals surface area contributed by atoms with Crippen molar-refractivity contribution < 1.29 is 9.53 Å². The largest absolute Gasteiger partial charge is 0.383 e. The number of nitrogens with zero attached hydrogens (tertiary/aromatic N) is 1. The highest BCUT2D eigenvalue weighted by Crippen LogP contribution is 2.48. The molecule has 4 heteroatoms. The predicted molar refractivity (Wildman–Crippen MR) is 68.1 cm³/mol. The van der Waals surface area contributed by atoms with Crippen LogP contribution in [-0.4, -0.2) is 43.5 Å². The Labute approximate surface area is 108 Å². The summed E-state index contributed by atoms with van der Waals surface area (Å²) in [5.74, 6) is 2.56. The Kier molecular flexibility index (Phi) is 4.69. The van der Waals surface area contributed by atoms with Crippen LogP contribution in [0.5, 0.6) is 0 Å². The summed E-state index contributed by atoms with van der Waals surface area (Å²) >= 11 is 5.77. The van der Waals surface area contributed by atoms with Gasteiger partial charge < -0.3 is 9.64 Å². The molecule has 2 fully saturated rings. The van der Waals surface area contributed by atoms with Crippen molar-refractivity contribution in [3.05, 3.63) is 0 Å². The van der Waals surface area contributed by atoms with E-state index in [1.807, 2.05) is 4.90 Å². The third kappa shape index (κ3) is 2.94. The minimum atomic E-state index is 0.272. The quantitative estimate of drug-likeness (QED) is 0.684. The van der Waals surface area contributed by atoms with E-state index in [9.17, 15) is 4.79 Å². The maximum atomic E-state index is 12.4. The lowest BCUT2D eigenvalue weighted by Gasteiger charge is -2.28. The molecule has 0 heterocycles. The zero-order valence-electron chi connectivity index (χ0n) is 10.5. The Hall–Kier alpha value is -0.280. The van der Waals surface area contributed by atoms with Crippen LogP contribution in [0.1, 0.15) is 25.7 Å². The van der Waals surface area contributed by atoms with E-state index in [-0.39, 0.29) is 5.92 Å². The molecule has 0 N–H and O–H groups in total. The topological polar surface area (TPSA) is 29.5 Å². The second-order valence-corrected chi connectivity index (χ2v) is 5.67. The van der Waals surface area contributed by atoms with Crippen molar-refractivity contribution in [3.8, 4) is 0 Å². The van der Waals surface area contributed by atoms with E-state index in [1.54, 1.807) is 7.11 Å². The number of carbonyl (C=O) groups excluding carboxylic acids is 1. The van der Waals surface area contributed by atoms with Crippen LogP contribution in [0, 0.1) is 17.8 Å². The van der Waals surface area contributed by atoms with Gasteiger partial charge in [0.25, 0.3) is 0 Å². The normalized spacial score (nSPS) is 30.8. The molecule has 0 saturated heterocycles. The van der Waals surface area contributed by atoms with Gasteiger partial charge >= 0.3 is 0 Å². The van der Waals surface area contributed by atoms with Crippen molar-refractivity contribution in [2.75, 3.05) is 32.7 Å². The van der Waals surface area contributed by atoms with E-state index in [2.05, 4.69) is 0 Å². The molecule has 2 saturated carbocycles. The molecule has 0 aromatic heterocycles. The molecule has 17 heavy (non-hydrogen) atoms. The smallest absolute Gasteiger partial charge is 0.226 e. The first kappa shape index (κ1) is 13.2. The number of hydrogen-bond donors (Lipinski definition) is 0. The van der Waals surface area contributed by atoms with Crippen LogP contribution in [0.15, 0.2) is 0 Å². The van der Waals surface area contributed by atoms with Crippen LogP contribution < -0.4 is 0 Å². The molecule has 0 aromatic rings. The van der Waals surface area contributed by atoms with Crippen LogP contribution in [-0.2, 0) is 9.53 Å². The van der Waals surface area contributed by atoms with Gasteiger partial charge in [0.15, 0.2) is 0 Å². The summed E-state index contributed by atoms with van der Waals surface area (Å²) in [6.07, 6.45) is 4.97.